The molecule has 2 rings (SSSR count). The average molecular weight is 358 g/mol. The fourth-order valence-electron chi connectivity index (χ4n) is 2.17. The van der Waals surface area contributed by atoms with Gasteiger partial charge in [0, 0.05) is 6.54 Å². The zero-order valence-corrected chi connectivity index (χ0v) is 14.7. The van der Waals surface area contributed by atoms with Crippen molar-refractivity contribution in [1.82, 2.24) is 4.72 Å². The maximum atomic E-state index is 12.2. The highest BCUT2D eigenvalue weighted by Crippen LogP contribution is 2.24. The summed E-state index contributed by atoms with van der Waals surface area (Å²) in [4.78, 5) is 0.113. The lowest BCUT2D eigenvalue weighted by Crippen LogP contribution is -2.26. The van der Waals surface area contributed by atoms with Crippen LogP contribution in [0.4, 0.5) is 0 Å². The maximum Gasteiger partial charge on any atom is 0.240 e. The van der Waals surface area contributed by atoms with Gasteiger partial charge in [-0.1, -0.05) is 47.0 Å². The molecule has 0 aromatic heterocycles. The summed E-state index contributed by atoms with van der Waals surface area (Å²) in [5.74, 6) is 0. The third-order valence-corrected chi connectivity index (χ3v) is 5.58. The lowest BCUT2D eigenvalue weighted by Gasteiger charge is -2.09. The molecule has 0 fully saturated rings. The van der Waals surface area contributed by atoms with Crippen LogP contribution in [-0.4, -0.2) is 15.0 Å². The minimum Gasteiger partial charge on any atom is -0.211 e. The van der Waals surface area contributed by atoms with Crippen molar-refractivity contribution >= 4 is 33.2 Å². The van der Waals surface area contributed by atoms with E-state index in [1.54, 1.807) is 0 Å². The van der Waals surface area contributed by atoms with E-state index in [2.05, 4.69) is 10.8 Å². The number of sulfonamides is 1. The number of halogens is 2. The first-order chi connectivity index (χ1) is 10.3. The molecule has 2 aromatic rings. The molecule has 0 unspecified atom stereocenters. The summed E-state index contributed by atoms with van der Waals surface area (Å²) in [7, 11) is -3.58. The second-order valence-corrected chi connectivity index (χ2v) is 7.73. The van der Waals surface area contributed by atoms with Crippen LogP contribution >= 0.6 is 23.2 Å². The van der Waals surface area contributed by atoms with Gasteiger partial charge in [0.2, 0.25) is 10.0 Å². The summed E-state index contributed by atoms with van der Waals surface area (Å²) in [6.07, 6.45) is 0.632. The van der Waals surface area contributed by atoms with Crippen LogP contribution in [-0.2, 0) is 16.4 Å². The highest BCUT2D eigenvalue weighted by Gasteiger charge is 2.15. The van der Waals surface area contributed by atoms with E-state index in [1.807, 2.05) is 26.0 Å². The number of hydrogen-bond acceptors (Lipinski definition) is 2. The molecule has 2 aromatic carbocycles. The molecule has 0 spiro atoms. The van der Waals surface area contributed by atoms with Crippen molar-refractivity contribution in [2.45, 2.75) is 25.2 Å². The molecule has 0 heterocycles. The zero-order chi connectivity index (χ0) is 16.3. The van der Waals surface area contributed by atoms with E-state index in [4.69, 9.17) is 23.2 Å². The average Bonchev–Trinajstić information content (AvgIpc) is 2.44. The number of aryl methyl sites for hydroxylation is 2. The fraction of sp³-hybridized carbons (Fsp3) is 0.250. The molecule has 22 heavy (non-hydrogen) atoms. The van der Waals surface area contributed by atoms with Crippen molar-refractivity contribution in [3.05, 3.63) is 63.1 Å². The molecule has 0 aliphatic heterocycles. The van der Waals surface area contributed by atoms with Crippen LogP contribution in [0.2, 0.25) is 10.0 Å². The van der Waals surface area contributed by atoms with Gasteiger partial charge in [0.15, 0.2) is 0 Å². The third-order valence-electron chi connectivity index (χ3n) is 3.39. The van der Waals surface area contributed by atoms with E-state index in [-0.39, 0.29) is 9.92 Å². The second kappa shape index (κ2) is 7.01. The summed E-state index contributed by atoms with van der Waals surface area (Å²) in [5.41, 5.74) is 3.48. The van der Waals surface area contributed by atoms with Crippen LogP contribution in [0.3, 0.4) is 0 Å². The molecule has 3 nitrogen and oxygen atoms in total. The van der Waals surface area contributed by atoms with Crippen LogP contribution in [0.5, 0.6) is 0 Å². The quantitative estimate of drug-likeness (QED) is 0.874. The Kier molecular flexibility index (Phi) is 5.50. The summed E-state index contributed by atoms with van der Waals surface area (Å²) in [6, 6.07) is 10.4. The van der Waals surface area contributed by atoms with Gasteiger partial charge in [0.05, 0.1) is 14.9 Å². The summed E-state index contributed by atoms with van der Waals surface area (Å²) < 4.78 is 27.0. The van der Waals surface area contributed by atoms with Gasteiger partial charge in [-0.15, -0.1) is 0 Å². The molecular formula is C16H17Cl2NO2S. The van der Waals surface area contributed by atoms with Crippen LogP contribution in [0.15, 0.2) is 41.3 Å². The van der Waals surface area contributed by atoms with E-state index >= 15 is 0 Å². The topological polar surface area (TPSA) is 46.2 Å². The highest BCUT2D eigenvalue weighted by atomic mass is 35.5. The third kappa shape index (κ3) is 4.23. The van der Waals surface area contributed by atoms with Gasteiger partial charge >= 0.3 is 0 Å². The van der Waals surface area contributed by atoms with Gasteiger partial charge in [0.25, 0.3) is 0 Å². The van der Waals surface area contributed by atoms with Gasteiger partial charge in [-0.3, -0.25) is 0 Å². The lowest BCUT2D eigenvalue weighted by atomic mass is 10.0. The fourth-order valence-corrected chi connectivity index (χ4v) is 3.59. The predicted molar refractivity (Wildman–Crippen MR) is 91.3 cm³/mol. The van der Waals surface area contributed by atoms with E-state index < -0.39 is 10.0 Å². The number of rotatable bonds is 5. The van der Waals surface area contributed by atoms with E-state index in [1.165, 1.54) is 23.8 Å². The molecule has 0 radical (unpaired) electrons. The first-order valence-electron chi connectivity index (χ1n) is 6.80. The van der Waals surface area contributed by atoms with E-state index in [9.17, 15) is 8.42 Å². The minimum atomic E-state index is -3.58. The minimum absolute atomic E-state index is 0.113. The monoisotopic (exact) mass is 357 g/mol. The number of hydrogen-bond donors (Lipinski definition) is 1. The molecule has 0 bridgehead atoms. The zero-order valence-electron chi connectivity index (χ0n) is 12.4. The molecule has 0 saturated carbocycles. The maximum absolute atomic E-state index is 12.2. The standard InChI is InChI=1S/C16H17Cl2NO2S/c1-11-3-4-13(12(2)9-11)7-8-19-22(20,21)14-5-6-15(17)16(18)10-14/h3-6,9-10,19H,7-8H2,1-2H3. The molecule has 6 heteroatoms. The number of nitrogens with one attached hydrogen (secondary N) is 1. The Morgan fingerprint density at radius 2 is 1.73 bits per heavy atom. The summed E-state index contributed by atoms with van der Waals surface area (Å²) >= 11 is 11.7. The van der Waals surface area contributed by atoms with Gasteiger partial charge in [0.1, 0.15) is 0 Å². The molecule has 0 aliphatic carbocycles. The summed E-state index contributed by atoms with van der Waals surface area (Å²) in [5, 5.41) is 0.551. The molecule has 0 amide bonds. The Balaban J connectivity index is 2.05. The Morgan fingerprint density at radius 3 is 2.36 bits per heavy atom. The Bertz CT molecular complexity index is 789. The van der Waals surface area contributed by atoms with Crippen LogP contribution in [0.25, 0.3) is 0 Å². The van der Waals surface area contributed by atoms with Crippen molar-refractivity contribution in [2.24, 2.45) is 0 Å². The Hall–Kier alpha value is -1.07. The molecular weight excluding hydrogens is 341 g/mol. The summed E-state index contributed by atoms with van der Waals surface area (Å²) in [6.45, 7) is 4.38. The molecule has 0 atom stereocenters. The van der Waals surface area contributed by atoms with Gasteiger partial charge in [-0.2, -0.15) is 0 Å². The van der Waals surface area contributed by atoms with Gasteiger partial charge in [-0.25, -0.2) is 13.1 Å². The van der Waals surface area contributed by atoms with Crippen molar-refractivity contribution in [1.29, 1.82) is 0 Å². The first-order valence-corrected chi connectivity index (χ1v) is 9.04. The van der Waals surface area contributed by atoms with Crippen molar-refractivity contribution in [3.63, 3.8) is 0 Å². The highest BCUT2D eigenvalue weighted by molar-refractivity contribution is 7.89. The first kappa shape index (κ1) is 17.3. The normalized spacial score (nSPS) is 11.6. The molecule has 1 N–H and O–H groups in total. The number of benzene rings is 2. The largest absolute Gasteiger partial charge is 0.240 e. The van der Waals surface area contributed by atoms with Gasteiger partial charge < -0.3 is 0 Å². The van der Waals surface area contributed by atoms with E-state index in [0.717, 1.165) is 11.1 Å². The van der Waals surface area contributed by atoms with Crippen molar-refractivity contribution in [2.75, 3.05) is 6.54 Å². The lowest BCUT2D eigenvalue weighted by molar-refractivity contribution is 0.581. The second-order valence-electron chi connectivity index (χ2n) is 5.15. The van der Waals surface area contributed by atoms with Crippen molar-refractivity contribution in [3.8, 4) is 0 Å². The van der Waals surface area contributed by atoms with Crippen LogP contribution < -0.4 is 4.72 Å². The molecule has 118 valence electrons. The predicted octanol–water partition coefficient (Wildman–Crippen LogP) is 4.13. The van der Waals surface area contributed by atoms with Crippen LogP contribution in [0.1, 0.15) is 16.7 Å². The Labute approximate surface area is 141 Å². The van der Waals surface area contributed by atoms with Gasteiger partial charge in [-0.05, 0) is 49.6 Å². The Morgan fingerprint density at radius 1 is 1.00 bits per heavy atom. The van der Waals surface area contributed by atoms with Crippen molar-refractivity contribution < 1.29 is 8.42 Å². The van der Waals surface area contributed by atoms with E-state index in [0.29, 0.717) is 18.0 Å². The molecule has 0 aliphatic rings. The molecule has 0 saturated heterocycles. The SMILES string of the molecule is Cc1ccc(CCNS(=O)(=O)c2ccc(Cl)c(Cl)c2)c(C)c1. The smallest absolute Gasteiger partial charge is 0.211 e. The van der Waals surface area contributed by atoms with Crippen LogP contribution in [0, 0.1) is 13.8 Å².